The van der Waals surface area contributed by atoms with Gasteiger partial charge in [0.1, 0.15) is 5.82 Å². The van der Waals surface area contributed by atoms with E-state index in [1.54, 1.807) is 19.1 Å². The molecule has 2 aromatic carbocycles. The molecule has 1 heterocycles. The maximum absolute atomic E-state index is 13.8. The lowest BCUT2D eigenvalue weighted by Gasteiger charge is -2.41. The molecule has 1 atom stereocenters. The molecule has 2 aromatic rings. The summed E-state index contributed by atoms with van der Waals surface area (Å²) < 4.78 is 13.8. The van der Waals surface area contributed by atoms with Gasteiger partial charge in [-0.15, -0.1) is 0 Å². The second-order valence-electron chi connectivity index (χ2n) is 7.40. The number of fused-ring (bicyclic) bond motifs is 1. The first-order valence-electron chi connectivity index (χ1n) is 9.51. The lowest BCUT2D eigenvalue weighted by atomic mass is 9.86. The van der Waals surface area contributed by atoms with Crippen LogP contribution >= 0.6 is 0 Å². The minimum absolute atomic E-state index is 0.0624. The SMILES string of the molecule is Cc1ccc(C(=O)N2CCN([C@H]3CCCc4ccccc43)CC2)cc1F. The third-order valence-electron chi connectivity index (χ3n) is 5.80. The highest BCUT2D eigenvalue weighted by Gasteiger charge is 2.30. The van der Waals surface area contributed by atoms with Gasteiger partial charge < -0.3 is 4.90 Å². The number of hydrogen-bond acceptors (Lipinski definition) is 2. The molecule has 1 amide bonds. The second kappa shape index (κ2) is 7.20. The normalized spacial score (nSPS) is 20.7. The molecular weight excluding hydrogens is 327 g/mol. The average Bonchev–Trinajstić information content (AvgIpc) is 2.69. The number of halogens is 1. The minimum atomic E-state index is -0.312. The highest BCUT2D eigenvalue weighted by Crippen LogP contribution is 2.34. The summed E-state index contributed by atoms with van der Waals surface area (Å²) in [6.07, 6.45) is 3.59. The van der Waals surface area contributed by atoms with Crippen LogP contribution in [-0.2, 0) is 6.42 Å². The second-order valence-corrected chi connectivity index (χ2v) is 7.40. The molecule has 1 aliphatic carbocycles. The summed E-state index contributed by atoms with van der Waals surface area (Å²) in [7, 11) is 0. The Morgan fingerprint density at radius 2 is 1.85 bits per heavy atom. The third kappa shape index (κ3) is 3.26. The number of rotatable bonds is 2. The zero-order chi connectivity index (χ0) is 18.1. The Bertz CT molecular complexity index is 812. The number of aryl methyl sites for hydroxylation is 2. The first-order chi connectivity index (χ1) is 12.6. The third-order valence-corrected chi connectivity index (χ3v) is 5.80. The van der Waals surface area contributed by atoms with Crippen molar-refractivity contribution in [3.05, 3.63) is 70.5 Å². The van der Waals surface area contributed by atoms with Crippen molar-refractivity contribution in [3.63, 3.8) is 0 Å². The molecule has 1 saturated heterocycles. The molecule has 1 aliphatic heterocycles. The van der Waals surface area contributed by atoms with E-state index in [4.69, 9.17) is 0 Å². The van der Waals surface area contributed by atoms with E-state index in [2.05, 4.69) is 29.2 Å². The van der Waals surface area contributed by atoms with Gasteiger partial charge in [-0.05, 0) is 55.0 Å². The Kier molecular flexibility index (Phi) is 4.77. The van der Waals surface area contributed by atoms with Gasteiger partial charge in [0.15, 0.2) is 0 Å². The fourth-order valence-electron chi connectivity index (χ4n) is 4.25. The van der Waals surface area contributed by atoms with Crippen LogP contribution in [0.2, 0.25) is 0 Å². The van der Waals surface area contributed by atoms with Gasteiger partial charge in [0.25, 0.3) is 5.91 Å². The number of carbonyl (C=O) groups excluding carboxylic acids is 1. The van der Waals surface area contributed by atoms with Crippen molar-refractivity contribution in [1.29, 1.82) is 0 Å². The average molecular weight is 352 g/mol. The topological polar surface area (TPSA) is 23.6 Å². The molecule has 26 heavy (non-hydrogen) atoms. The van der Waals surface area contributed by atoms with Crippen molar-refractivity contribution in [3.8, 4) is 0 Å². The van der Waals surface area contributed by atoms with Crippen molar-refractivity contribution in [2.24, 2.45) is 0 Å². The summed E-state index contributed by atoms with van der Waals surface area (Å²) in [6, 6.07) is 14.0. The molecule has 3 nitrogen and oxygen atoms in total. The molecule has 4 heteroatoms. The Labute approximate surface area is 154 Å². The number of hydrogen-bond donors (Lipinski definition) is 0. The number of piperazine rings is 1. The minimum Gasteiger partial charge on any atom is -0.336 e. The Morgan fingerprint density at radius 1 is 1.08 bits per heavy atom. The largest absolute Gasteiger partial charge is 0.336 e. The van der Waals surface area contributed by atoms with E-state index in [1.807, 2.05) is 4.90 Å². The van der Waals surface area contributed by atoms with Crippen LogP contribution in [-0.4, -0.2) is 41.9 Å². The zero-order valence-electron chi connectivity index (χ0n) is 15.2. The van der Waals surface area contributed by atoms with Crippen LogP contribution in [0.25, 0.3) is 0 Å². The van der Waals surface area contributed by atoms with Gasteiger partial charge in [0.05, 0.1) is 0 Å². The van der Waals surface area contributed by atoms with Crippen LogP contribution in [0.3, 0.4) is 0 Å². The van der Waals surface area contributed by atoms with Crippen LogP contribution in [0.5, 0.6) is 0 Å². The maximum atomic E-state index is 13.8. The summed E-state index contributed by atoms with van der Waals surface area (Å²) >= 11 is 0. The molecule has 0 unspecified atom stereocenters. The monoisotopic (exact) mass is 352 g/mol. The van der Waals surface area contributed by atoms with Crippen LogP contribution in [0.15, 0.2) is 42.5 Å². The Morgan fingerprint density at radius 3 is 2.62 bits per heavy atom. The van der Waals surface area contributed by atoms with Crippen molar-refractivity contribution in [1.82, 2.24) is 9.80 Å². The van der Waals surface area contributed by atoms with Gasteiger partial charge in [0.2, 0.25) is 0 Å². The Hall–Kier alpha value is -2.20. The highest BCUT2D eigenvalue weighted by atomic mass is 19.1. The van der Waals surface area contributed by atoms with Crippen molar-refractivity contribution in [2.75, 3.05) is 26.2 Å². The molecular formula is C22H25FN2O. The van der Waals surface area contributed by atoms with Crippen LogP contribution in [0, 0.1) is 12.7 Å². The van der Waals surface area contributed by atoms with Crippen molar-refractivity contribution in [2.45, 2.75) is 32.2 Å². The fraction of sp³-hybridized carbons (Fsp3) is 0.409. The molecule has 0 radical (unpaired) electrons. The summed E-state index contributed by atoms with van der Waals surface area (Å²) in [4.78, 5) is 17.1. The first-order valence-corrected chi connectivity index (χ1v) is 9.51. The van der Waals surface area contributed by atoms with E-state index >= 15 is 0 Å². The molecule has 136 valence electrons. The van der Waals surface area contributed by atoms with E-state index in [0.29, 0.717) is 30.3 Å². The number of carbonyl (C=O) groups is 1. The number of amides is 1. The van der Waals surface area contributed by atoms with Gasteiger partial charge in [-0.1, -0.05) is 30.3 Å². The van der Waals surface area contributed by atoms with E-state index in [0.717, 1.165) is 13.1 Å². The molecule has 0 N–H and O–H groups in total. The molecule has 0 aromatic heterocycles. The standard InChI is InChI=1S/C22H25FN2O/c1-16-9-10-18(15-20(16)23)22(26)25-13-11-24(12-14-25)21-8-4-6-17-5-2-3-7-19(17)21/h2-3,5,7,9-10,15,21H,4,6,8,11-14H2,1H3/t21-/m0/s1. The smallest absolute Gasteiger partial charge is 0.254 e. The van der Waals surface area contributed by atoms with E-state index in [9.17, 15) is 9.18 Å². The Balaban J connectivity index is 1.43. The molecule has 2 aliphatic rings. The molecule has 4 rings (SSSR count). The summed E-state index contributed by atoms with van der Waals surface area (Å²) in [6.45, 7) is 4.86. The maximum Gasteiger partial charge on any atom is 0.254 e. The van der Waals surface area contributed by atoms with Crippen LogP contribution in [0.1, 0.15) is 45.9 Å². The zero-order valence-corrected chi connectivity index (χ0v) is 15.2. The van der Waals surface area contributed by atoms with Crippen molar-refractivity contribution < 1.29 is 9.18 Å². The van der Waals surface area contributed by atoms with Gasteiger partial charge >= 0.3 is 0 Å². The van der Waals surface area contributed by atoms with Crippen molar-refractivity contribution >= 4 is 5.91 Å². The first kappa shape index (κ1) is 17.2. The lowest BCUT2D eigenvalue weighted by Crippen LogP contribution is -2.50. The predicted molar refractivity (Wildman–Crippen MR) is 101 cm³/mol. The van der Waals surface area contributed by atoms with Gasteiger partial charge in [-0.3, -0.25) is 9.69 Å². The molecule has 0 saturated carbocycles. The van der Waals surface area contributed by atoms with Gasteiger partial charge in [-0.25, -0.2) is 4.39 Å². The van der Waals surface area contributed by atoms with Crippen LogP contribution < -0.4 is 0 Å². The van der Waals surface area contributed by atoms with Gasteiger partial charge in [0, 0.05) is 37.8 Å². The number of nitrogens with zero attached hydrogens (tertiary/aromatic N) is 2. The van der Waals surface area contributed by atoms with Crippen LogP contribution in [0.4, 0.5) is 4.39 Å². The van der Waals surface area contributed by atoms with E-state index < -0.39 is 0 Å². The summed E-state index contributed by atoms with van der Waals surface area (Å²) in [5, 5.41) is 0. The van der Waals surface area contributed by atoms with E-state index in [1.165, 1.54) is 36.5 Å². The van der Waals surface area contributed by atoms with Gasteiger partial charge in [-0.2, -0.15) is 0 Å². The molecule has 0 bridgehead atoms. The molecule has 1 fully saturated rings. The fourth-order valence-corrected chi connectivity index (χ4v) is 4.25. The summed E-state index contributed by atoms with van der Waals surface area (Å²) in [5.74, 6) is -0.374. The predicted octanol–water partition coefficient (Wildman–Crippen LogP) is 3.97. The quantitative estimate of drug-likeness (QED) is 0.816. The number of benzene rings is 2. The summed E-state index contributed by atoms with van der Waals surface area (Å²) in [5.41, 5.74) is 3.95. The lowest BCUT2D eigenvalue weighted by molar-refractivity contribution is 0.0548. The van der Waals surface area contributed by atoms with E-state index in [-0.39, 0.29) is 11.7 Å². The molecule has 0 spiro atoms. The highest BCUT2D eigenvalue weighted by molar-refractivity contribution is 5.94.